The van der Waals surface area contributed by atoms with Crippen LogP contribution < -0.4 is 5.32 Å². The quantitative estimate of drug-likeness (QED) is 0.873. The van der Waals surface area contributed by atoms with Crippen molar-refractivity contribution >= 4 is 34.6 Å². The summed E-state index contributed by atoms with van der Waals surface area (Å²) in [5, 5.41) is 5.09. The summed E-state index contributed by atoms with van der Waals surface area (Å²) in [7, 11) is 0. The van der Waals surface area contributed by atoms with Crippen LogP contribution in [-0.2, 0) is 0 Å². The highest BCUT2D eigenvalue weighted by atomic mass is 35.5. The zero-order valence-electron chi connectivity index (χ0n) is 12.0. The van der Waals surface area contributed by atoms with Crippen molar-refractivity contribution in [3.63, 3.8) is 0 Å². The minimum absolute atomic E-state index is 0.164. The Morgan fingerprint density at radius 2 is 1.95 bits per heavy atom. The fourth-order valence-corrected chi connectivity index (χ4v) is 2.81. The van der Waals surface area contributed by atoms with Gasteiger partial charge in [0.05, 0.1) is 5.54 Å². The third-order valence-electron chi connectivity index (χ3n) is 2.76. The molecule has 0 aliphatic carbocycles. The summed E-state index contributed by atoms with van der Waals surface area (Å²) in [6, 6.07) is 7.80. The highest BCUT2D eigenvalue weighted by Crippen LogP contribution is 2.22. The molecule has 0 saturated heterocycles. The van der Waals surface area contributed by atoms with Gasteiger partial charge in [-0.25, -0.2) is 0 Å². The lowest BCUT2D eigenvalue weighted by atomic mass is 10.0. The Bertz CT molecular complexity index is 556. The van der Waals surface area contributed by atoms with Crippen LogP contribution in [-0.4, -0.2) is 16.5 Å². The van der Waals surface area contributed by atoms with Crippen molar-refractivity contribution in [1.29, 1.82) is 0 Å². The first-order valence-electron chi connectivity index (χ1n) is 6.65. The van der Waals surface area contributed by atoms with E-state index < -0.39 is 0 Å². The van der Waals surface area contributed by atoms with Gasteiger partial charge in [0.15, 0.2) is 5.17 Å². The van der Waals surface area contributed by atoms with Crippen molar-refractivity contribution in [3.8, 4) is 0 Å². The molecule has 0 fully saturated rings. The summed E-state index contributed by atoms with van der Waals surface area (Å²) in [6.07, 6.45) is 6.29. The molecule has 1 aromatic rings. The number of nitrogens with one attached hydrogen (secondary N) is 1. The maximum absolute atomic E-state index is 5.89. The Balaban J connectivity index is 2.13. The molecule has 106 valence electrons. The normalized spacial score (nSPS) is 17.6. The number of halogens is 1. The first-order valence-corrected chi connectivity index (χ1v) is 8.01. The summed E-state index contributed by atoms with van der Waals surface area (Å²) >= 11 is 7.61. The van der Waals surface area contributed by atoms with Crippen LogP contribution in [0.1, 0.15) is 26.3 Å². The molecule has 0 spiro atoms. The number of aliphatic imine (C=N–C) groups is 1. The van der Waals surface area contributed by atoms with Gasteiger partial charge in [-0.2, -0.15) is 0 Å². The number of hydrogen-bond acceptors (Lipinski definition) is 3. The predicted octanol–water partition coefficient (Wildman–Crippen LogP) is 4.73. The highest BCUT2D eigenvalue weighted by molar-refractivity contribution is 8.13. The largest absolute Gasteiger partial charge is 0.335 e. The summed E-state index contributed by atoms with van der Waals surface area (Å²) in [5.41, 5.74) is 2.04. The highest BCUT2D eigenvalue weighted by Gasteiger charge is 2.20. The molecule has 2 nitrogen and oxygen atoms in total. The molecule has 0 amide bonds. The van der Waals surface area contributed by atoms with Crippen molar-refractivity contribution < 1.29 is 0 Å². The minimum Gasteiger partial charge on any atom is -0.335 e. The Morgan fingerprint density at radius 1 is 1.25 bits per heavy atom. The molecule has 0 unspecified atom stereocenters. The molecule has 0 radical (unpaired) electrons. The summed E-state index contributed by atoms with van der Waals surface area (Å²) < 4.78 is 0. The maximum atomic E-state index is 5.89. The lowest BCUT2D eigenvalue weighted by molar-refractivity contribution is 0.639. The van der Waals surface area contributed by atoms with Gasteiger partial charge in [0, 0.05) is 10.7 Å². The number of benzene rings is 1. The van der Waals surface area contributed by atoms with Crippen LogP contribution in [0.5, 0.6) is 0 Å². The van der Waals surface area contributed by atoms with E-state index in [9.17, 15) is 0 Å². The molecule has 0 saturated carbocycles. The molecule has 20 heavy (non-hydrogen) atoms. The predicted molar refractivity (Wildman–Crippen MR) is 91.4 cm³/mol. The Morgan fingerprint density at radius 3 is 2.60 bits per heavy atom. The molecule has 2 rings (SSSR count). The van der Waals surface area contributed by atoms with E-state index in [1.807, 2.05) is 24.3 Å². The Labute approximate surface area is 130 Å². The van der Waals surface area contributed by atoms with E-state index >= 15 is 0 Å². The van der Waals surface area contributed by atoms with E-state index in [4.69, 9.17) is 11.6 Å². The second-order valence-electron chi connectivity index (χ2n) is 5.11. The number of allylic oxidation sites excluding steroid dienone is 1. The van der Waals surface area contributed by atoms with Gasteiger partial charge in [0.25, 0.3) is 0 Å². The van der Waals surface area contributed by atoms with E-state index in [0.29, 0.717) is 0 Å². The Hall–Kier alpha value is -1.19. The third-order valence-corrected chi connectivity index (χ3v) is 3.76. The molecule has 0 atom stereocenters. The van der Waals surface area contributed by atoms with Gasteiger partial charge in [-0.05, 0) is 49.4 Å². The van der Waals surface area contributed by atoms with Crippen LogP contribution in [0.4, 0.5) is 0 Å². The van der Waals surface area contributed by atoms with E-state index in [1.54, 1.807) is 11.8 Å². The van der Waals surface area contributed by atoms with E-state index in [-0.39, 0.29) is 5.54 Å². The van der Waals surface area contributed by atoms with Crippen molar-refractivity contribution in [3.05, 3.63) is 52.7 Å². The van der Waals surface area contributed by atoms with Crippen LogP contribution in [0.15, 0.2) is 47.1 Å². The maximum Gasteiger partial charge on any atom is 0.161 e. The van der Waals surface area contributed by atoms with Gasteiger partial charge >= 0.3 is 0 Å². The van der Waals surface area contributed by atoms with Gasteiger partial charge < -0.3 is 5.32 Å². The van der Waals surface area contributed by atoms with E-state index in [0.717, 1.165) is 27.2 Å². The van der Waals surface area contributed by atoms with Crippen molar-refractivity contribution in [2.75, 3.05) is 5.75 Å². The van der Waals surface area contributed by atoms with Gasteiger partial charge in [-0.3, -0.25) is 4.99 Å². The molecule has 4 heteroatoms. The number of hydrogen-bond donors (Lipinski definition) is 1. The molecular formula is C16H19ClN2S. The average Bonchev–Trinajstić information content (AvgIpc) is 2.37. The van der Waals surface area contributed by atoms with Crippen LogP contribution in [0.2, 0.25) is 5.02 Å². The van der Waals surface area contributed by atoms with Gasteiger partial charge in [0.2, 0.25) is 0 Å². The van der Waals surface area contributed by atoms with Crippen molar-refractivity contribution in [2.24, 2.45) is 4.99 Å². The van der Waals surface area contributed by atoms with Crippen LogP contribution >= 0.6 is 23.4 Å². The SMILES string of the molecule is CCSC1=NC(C)(C)C=C(/C=C/c2ccc(Cl)cc2)N1. The number of thioether (sulfide) groups is 1. The smallest absolute Gasteiger partial charge is 0.161 e. The topological polar surface area (TPSA) is 24.4 Å². The first-order chi connectivity index (χ1) is 9.48. The Kier molecular flexibility index (Phi) is 4.95. The fraction of sp³-hybridized carbons (Fsp3) is 0.312. The van der Waals surface area contributed by atoms with Gasteiger partial charge in [-0.1, -0.05) is 48.5 Å². The van der Waals surface area contributed by atoms with Gasteiger partial charge in [0.1, 0.15) is 0 Å². The van der Waals surface area contributed by atoms with Crippen molar-refractivity contribution in [1.82, 2.24) is 5.32 Å². The average molecular weight is 307 g/mol. The van der Waals surface area contributed by atoms with Crippen LogP contribution in [0.25, 0.3) is 6.08 Å². The van der Waals surface area contributed by atoms with Crippen LogP contribution in [0, 0.1) is 0 Å². The summed E-state index contributed by atoms with van der Waals surface area (Å²) in [5.74, 6) is 1.01. The molecule has 1 aliphatic heterocycles. The lowest BCUT2D eigenvalue weighted by Crippen LogP contribution is -2.31. The first kappa shape index (κ1) is 15.2. The lowest BCUT2D eigenvalue weighted by Gasteiger charge is -2.25. The molecule has 1 N–H and O–H groups in total. The summed E-state index contributed by atoms with van der Waals surface area (Å²) in [4.78, 5) is 4.66. The second-order valence-corrected chi connectivity index (χ2v) is 6.80. The molecule has 1 aliphatic rings. The zero-order valence-corrected chi connectivity index (χ0v) is 13.6. The standard InChI is InChI=1S/C16H19ClN2S/c1-4-20-15-18-14(11-16(2,3)19-15)10-7-12-5-8-13(17)9-6-12/h5-11H,4H2,1-3H3,(H,18,19)/b10-7+. The van der Waals surface area contributed by atoms with E-state index in [1.165, 1.54) is 0 Å². The third kappa shape index (κ3) is 4.43. The molecule has 1 heterocycles. The van der Waals surface area contributed by atoms with Crippen molar-refractivity contribution in [2.45, 2.75) is 26.3 Å². The van der Waals surface area contributed by atoms with Gasteiger partial charge in [-0.15, -0.1) is 0 Å². The monoisotopic (exact) mass is 306 g/mol. The number of nitrogens with zero attached hydrogens (tertiary/aromatic N) is 1. The minimum atomic E-state index is -0.164. The van der Waals surface area contributed by atoms with Crippen LogP contribution in [0.3, 0.4) is 0 Å². The number of rotatable bonds is 3. The zero-order chi connectivity index (χ0) is 14.6. The molecular weight excluding hydrogens is 288 g/mol. The molecule has 1 aromatic carbocycles. The number of amidine groups is 1. The fourth-order valence-electron chi connectivity index (χ4n) is 1.92. The van der Waals surface area contributed by atoms with E-state index in [2.05, 4.69) is 49.3 Å². The molecule has 0 aromatic heterocycles. The second kappa shape index (κ2) is 6.51. The molecule has 0 bridgehead atoms. The summed E-state index contributed by atoms with van der Waals surface area (Å²) in [6.45, 7) is 6.35.